The molecule has 0 aromatic carbocycles. The van der Waals surface area contributed by atoms with Crippen molar-refractivity contribution in [2.24, 2.45) is 0 Å². The molecule has 0 spiro atoms. The molecule has 5 rings (SSSR count). The van der Waals surface area contributed by atoms with Gasteiger partial charge >= 0.3 is 0 Å². The molecule has 1 aliphatic rings. The maximum Gasteiger partial charge on any atom is 0.267 e. The fourth-order valence-corrected chi connectivity index (χ4v) is 4.16. The van der Waals surface area contributed by atoms with Crippen LogP contribution >= 0.6 is 0 Å². The smallest absolute Gasteiger partial charge is 0.267 e. The monoisotopic (exact) mass is 414 g/mol. The zero-order valence-electron chi connectivity index (χ0n) is 16.9. The second-order valence-electron chi connectivity index (χ2n) is 7.80. The van der Waals surface area contributed by atoms with Crippen LogP contribution in [0.25, 0.3) is 16.9 Å². The van der Waals surface area contributed by atoms with Crippen LogP contribution in [0.3, 0.4) is 0 Å². The minimum absolute atomic E-state index is 0.0531. The molecule has 1 aliphatic carbocycles. The first-order valence-corrected chi connectivity index (χ1v) is 10.4. The Morgan fingerprint density at radius 2 is 1.81 bits per heavy atom. The molecule has 4 heterocycles. The van der Waals surface area contributed by atoms with Gasteiger partial charge in [0.25, 0.3) is 11.1 Å². The Kier molecular flexibility index (Phi) is 5.03. The van der Waals surface area contributed by atoms with E-state index in [1.54, 1.807) is 35.4 Å². The summed E-state index contributed by atoms with van der Waals surface area (Å²) in [6.45, 7) is 0. The molecule has 1 N–H and O–H groups in total. The van der Waals surface area contributed by atoms with Crippen molar-refractivity contribution in [2.45, 2.75) is 37.8 Å². The Morgan fingerprint density at radius 3 is 2.61 bits per heavy atom. The minimum atomic E-state index is -0.107. The van der Waals surface area contributed by atoms with Gasteiger partial charge in [0.2, 0.25) is 0 Å². The molecule has 0 radical (unpaired) electrons. The van der Waals surface area contributed by atoms with Gasteiger partial charge in [-0.2, -0.15) is 5.10 Å². The molecule has 4 aromatic rings. The molecule has 8 heteroatoms. The highest BCUT2D eigenvalue weighted by atomic mass is 16.1. The molecule has 0 atom stereocenters. The fraction of sp³-hybridized carbons (Fsp3) is 0.261. The Balaban J connectivity index is 1.30. The molecular weight excluding hydrogens is 392 g/mol. The zero-order valence-corrected chi connectivity index (χ0v) is 16.9. The van der Waals surface area contributed by atoms with Crippen molar-refractivity contribution in [3.63, 3.8) is 0 Å². The molecular formula is C23H22N6O2. The van der Waals surface area contributed by atoms with Crippen LogP contribution in [0, 0.1) is 0 Å². The number of nitrogens with zero attached hydrogens (tertiary/aromatic N) is 5. The number of fused-ring (bicyclic) bond motifs is 1. The predicted molar refractivity (Wildman–Crippen MR) is 118 cm³/mol. The van der Waals surface area contributed by atoms with Crippen molar-refractivity contribution in [3.8, 4) is 11.3 Å². The van der Waals surface area contributed by atoms with Crippen molar-refractivity contribution in [2.75, 3.05) is 5.32 Å². The highest BCUT2D eigenvalue weighted by Gasteiger charge is 2.24. The summed E-state index contributed by atoms with van der Waals surface area (Å²) in [5.74, 6) is 0.591. The van der Waals surface area contributed by atoms with Gasteiger partial charge in [-0.3, -0.25) is 19.0 Å². The first-order valence-electron chi connectivity index (χ1n) is 10.4. The largest absolute Gasteiger partial charge is 0.367 e. The van der Waals surface area contributed by atoms with Crippen LogP contribution in [0.5, 0.6) is 0 Å². The van der Waals surface area contributed by atoms with E-state index < -0.39 is 0 Å². The van der Waals surface area contributed by atoms with E-state index in [9.17, 15) is 9.59 Å². The SMILES string of the molecule is O=c1ccc(-c2cccnc2)nn1C1CCC(Nc2cc(=O)n3ccccc3n2)CC1. The third kappa shape index (κ3) is 3.96. The van der Waals surface area contributed by atoms with E-state index in [2.05, 4.69) is 20.4 Å². The number of nitrogens with one attached hydrogen (secondary N) is 1. The van der Waals surface area contributed by atoms with Crippen LogP contribution in [0.1, 0.15) is 31.7 Å². The highest BCUT2D eigenvalue weighted by Crippen LogP contribution is 2.29. The average molecular weight is 414 g/mol. The van der Waals surface area contributed by atoms with Gasteiger partial charge < -0.3 is 5.32 Å². The molecule has 0 unspecified atom stereocenters. The van der Waals surface area contributed by atoms with Crippen LogP contribution in [-0.2, 0) is 0 Å². The second-order valence-corrected chi connectivity index (χ2v) is 7.80. The Labute approximate surface area is 178 Å². The lowest BCUT2D eigenvalue weighted by Crippen LogP contribution is -2.33. The van der Waals surface area contributed by atoms with Gasteiger partial charge in [0, 0.05) is 42.3 Å². The standard InChI is InChI=1S/C23H22N6O2/c30-22-11-10-19(16-4-3-12-24-15-16)27-29(22)18-8-6-17(7-9-18)25-20-14-23(31)28-13-2-1-5-21(28)26-20/h1-5,10-15,17-18,25H,6-9H2. The van der Waals surface area contributed by atoms with E-state index in [4.69, 9.17) is 0 Å². The molecule has 31 heavy (non-hydrogen) atoms. The quantitative estimate of drug-likeness (QED) is 0.552. The van der Waals surface area contributed by atoms with Crippen LogP contribution in [0.15, 0.2) is 76.7 Å². The van der Waals surface area contributed by atoms with Gasteiger partial charge in [-0.1, -0.05) is 6.07 Å². The van der Waals surface area contributed by atoms with Gasteiger partial charge in [0.05, 0.1) is 11.7 Å². The summed E-state index contributed by atoms with van der Waals surface area (Å²) in [4.78, 5) is 33.4. The van der Waals surface area contributed by atoms with Gasteiger partial charge in [0.15, 0.2) is 0 Å². The fourth-order valence-electron chi connectivity index (χ4n) is 4.16. The molecule has 0 saturated heterocycles. The third-order valence-corrected chi connectivity index (χ3v) is 5.75. The minimum Gasteiger partial charge on any atom is -0.367 e. The van der Waals surface area contributed by atoms with Crippen molar-refractivity contribution in [1.29, 1.82) is 0 Å². The Hall–Kier alpha value is -3.81. The van der Waals surface area contributed by atoms with E-state index in [0.29, 0.717) is 11.5 Å². The Morgan fingerprint density at radius 1 is 0.935 bits per heavy atom. The summed E-state index contributed by atoms with van der Waals surface area (Å²) in [5.41, 5.74) is 2.06. The summed E-state index contributed by atoms with van der Waals surface area (Å²) in [6.07, 6.45) is 8.56. The average Bonchev–Trinajstić information content (AvgIpc) is 2.81. The van der Waals surface area contributed by atoms with Gasteiger partial charge in [0.1, 0.15) is 11.5 Å². The van der Waals surface area contributed by atoms with Gasteiger partial charge in [-0.25, -0.2) is 9.67 Å². The molecule has 1 saturated carbocycles. The second kappa shape index (κ2) is 8.14. The number of anilines is 1. The molecule has 1 fully saturated rings. The summed E-state index contributed by atoms with van der Waals surface area (Å²) in [6, 6.07) is 14.4. The predicted octanol–water partition coefficient (Wildman–Crippen LogP) is 2.91. The Bertz CT molecular complexity index is 1320. The molecule has 156 valence electrons. The molecule has 0 aliphatic heterocycles. The highest BCUT2D eigenvalue weighted by molar-refractivity contribution is 5.56. The van der Waals surface area contributed by atoms with E-state index in [-0.39, 0.29) is 23.2 Å². The van der Waals surface area contributed by atoms with Crippen LogP contribution in [-0.4, -0.2) is 30.2 Å². The summed E-state index contributed by atoms with van der Waals surface area (Å²) >= 11 is 0. The lowest BCUT2D eigenvalue weighted by atomic mass is 9.91. The first kappa shape index (κ1) is 19.2. The number of hydrogen-bond donors (Lipinski definition) is 1. The van der Waals surface area contributed by atoms with E-state index in [1.807, 2.05) is 30.3 Å². The molecule has 0 amide bonds. The van der Waals surface area contributed by atoms with Crippen LogP contribution in [0.4, 0.5) is 5.82 Å². The topological polar surface area (TPSA) is 94.2 Å². The van der Waals surface area contributed by atoms with Crippen LogP contribution < -0.4 is 16.4 Å². The maximum atomic E-state index is 12.5. The van der Waals surface area contributed by atoms with Crippen molar-refractivity contribution in [1.82, 2.24) is 24.1 Å². The number of pyridine rings is 2. The van der Waals surface area contributed by atoms with Crippen LogP contribution in [0.2, 0.25) is 0 Å². The van der Waals surface area contributed by atoms with Gasteiger partial charge in [-0.05, 0) is 56.0 Å². The third-order valence-electron chi connectivity index (χ3n) is 5.75. The van der Waals surface area contributed by atoms with Crippen molar-refractivity contribution < 1.29 is 0 Å². The number of aromatic nitrogens is 5. The summed E-state index contributed by atoms with van der Waals surface area (Å²) in [7, 11) is 0. The number of rotatable bonds is 4. The summed E-state index contributed by atoms with van der Waals surface area (Å²) in [5, 5.41) is 8.01. The molecule has 4 aromatic heterocycles. The number of hydrogen-bond acceptors (Lipinski definition) is 6. The van der Waals surface area contributed by atoms with Crippen molar-refractivity contribution >= 4 is 11.5 Å². The molecule has 0 bridgehead atoms. The first-order chi connectivity index (χ1) is 15.2. The lowest BCUT2D eigenvalue weighted by molar-refractivity contribution is 0.304. The normalized spacial score (nSPS) is 18.7. The molecule has 8 nitrogen and oxygen atoms in total. The van der Waals surface area contributed by atoms with Crippen molar-refractivity contribution in [3.05, 3.63) is 87.8 Å². The maximum absolute atomic E-state index is 12.5. The van der Waals surface area contributed by atoms with Gasteiger partial charge in [-0.15, -0.1) is 0 Å². The van der Waals surface area contributed by atoms with E-state index in [1.165, 1.54) is 10.5 Å². The lowest BCUT2D eigenvalue weighted by Gasteiger charge is -2.30. The zero-order chi connectivity index (χ0) is 21.2. The summed E-state index contributed by atoms with van der Waals surface area (Å²) < 4.78 is 3.13. The van der Waals surface area contributed by atoms with E-state index in [0.717, 1.165) is 36.9 Å². The van der Waals surface area contributed by atoms with E-state index >= 15 is 0 Å².